The molecule has 0 aromatic rings. The fourth-order valence-corrected chi connectivity index (χ4v) is 4.07. The predicted molar refractivity (Wildman–Crippen MR) is 55.2 cm³/mol. The van der Waals surface area contributed by atoms with Gasteiger partial charge in [0.05, 0.1) is 13.7 Å². The monoisotopic (exact) mass is 260 g/mol. The van der Waals surface area contributed by atoms with Crippen molar-refractivity contribution in [2.24, 2.45) is 0 Å². The van der Waals surface area contributed by atoms with Gasteiger partial charge in [-0.1, -0.05) is 13.8 Å². The highest BCUT2D eigenvalue weighted by Gasteiger charge is 2.37. The van der Waals surface area contributed by atoms with Crippen molar-refractivity contribution in [1.29, 1.82) is 0 Å². The smallest absolute Gasteiger partial charge is 0.272 e. The topological polar surface area (TPSA) is 86.7 Å². The van der Waals surface area contributed by atoms with Gasteiger partial charge in [0.15, 0.2) is 0 Å². The van der Waals surface area contributed by atoms with Crippen LogP contribution in [0.2, 0.25) is 0 Å². The second-order valence-corrected chi connectivity index (χ2v) is 6.79. The summed E-state index contributed by atoms with van der Waals surface area (Å²) in [7, 11) is -7.30. The number of hydrogen-bond donors (Lipinski definition) is 0. The highest BCUT2D eigenvalue weighted by atomic mass is 32.3. The van der Waals surface area contributed by atoms with Crippen molar-refractivity contribution in [2.45, 2.75) is 31.3 Å². The van der Waals surface area contributed by atoms with Gasteiger partial charge in [0.1, 0.15) is 0 Å². The molecule has 0 heterocycles. The highest BCUT2D eigenvalue weighted by molar-refractivity contribution is 8.04. The Kier molecular flexibility index (Phi) is 5.71. The Balaban J connectivity index is 4.99. The summed E-state index contributed by atoms with van der Waals surface area (Å²) in [6, 6.07) is 0. The number of rotatable bonds is 7. The Morgan fingerprint density at radius 1 is 1.07 bits per heavy atom. The second-order valence-electron chi connectivity index (χ2n) is 2.81. The van der Waals surface area contributed by atoms with Gasteiger partial charge in [-0.25, -0.2) is 0 Å². The van der Waals surface area contributed by atoms with E-state index < -0.39 is 24.8 Å². The summed E-state index contributed by atoms with van der Waals surface area (Å²) >= 11 is 0. The fourth-order valence-electron chi connectivity index (χ4n) is 0.935. The van der Waals surface area contributed by atoms with Gasteiger partial charge in [-0.2, -0.15) is 16.8 Å². The van der Waals surface area contributed by atoms with Crippen LogP contribution in [0.1, 0.15) is 26.7 Å². The molecule has 0 N–H and O–H groups in total. The van der Waals surface area contributed by atoms with E-state index in [1.54, 1.807) is 6.92 Å². The Labute approximate surface area is 90.8 Å². The SMILES string of the molecule is CCCOS(=O)(=O)C(CC)S(=O)(=O)OC. The van der Waals surface area contributed by atoms with Crippen molar-refractivity contribution in [1.82, 2.24) is 0 Å². The maximum absolute atomic E-state index is 11.4. The predicted octanol–water partition coefficient (Wildman–Crippen LogP) is 0.455. The van der Waals surface area contributed by atoms with E-state index in [2.05, 4.69) is 8.37 Å². The summed E-state index contributed by atoms with van der Waals surface area (Å²) in [4.78, 5) is 0. The van der Waals surface area contributed by atoms with Crippen LogP contribution in [0.25, 0.3) is 0 Å². The second kappa shape index (κ2) is 5.78. The zero-order valence-corrected chi connectivity index (χ0v) is 10.6. The van der Waals surface area contributed by atoms with Gasteiger partial charge < -0.3 is 0 Å². The summed E-state index contributed by atoms with van der Waals surface area (Å²) in [6.45, 7) is 3.13. The molecule has 0 aliphatic rings. The van der Waals surface area contributed by atoms with Gasteiger partial charge in [0.2, 0.25) is 4.58 Å². The van der Waals surface area contributed by atoms with Crippen LogP contribution in [0.15, 0.2) is 0 Å². The van der Waals surface area contributed by atoms with E-state index in [1.165, 1.54) is 6.92 Å². The molecule has 92 valence electrons. The van der Waals surface area contributed by atoms with Gasteiger partial charge in [-0.05, 0) is 12.8 Å². The molecular formula is C7H16O6S2. The van der Waals surface area contributed by atoms with Gasteiger partial charge >= 0.3 is 0 Å². The molecule has 1 atom stereocenters. The fraction of sp³-hybridized carbons (Fsp3) is 1.00. The molecule has 0 bridgehead atoms. The summed E-state index contributed by atoms with van der Waals surface area (Å²) in [5.74, 6) is 0. The van der Waals surface area contributed by atoms with Crippen LogP contribution in [0.5, 0.6) is 0 Å². The lowest BCUT2D eigenvalue weighted by molar-refractivity contribution is 0.312. The molecule has 8 heteroatoms. The normalized spacial score (nSPS) is 15.1. The molecule has 0 aromatic carbocycles. The Morgan fingerprint density at radius 2 is 1.60 bits per heavy atom. The third-order valence-electron chi connectivity index (χ3n) is 1.66. The minimum absolute atomic E-state index is 0.0297. The Hall–Kier alpha value is -0.180. The van der Waals surface area contributed by atoms with Crippen molar-refractivity contribution in [3.05, 3.63) is 0 Å². The van der Waals surface area contributed by atoms with Gasteiger partial charge in [0.25, 0.3) is 20.2 Å². The lowest BCUT2D eigenvalue weighted by Crippen LogP contribution is -2.32. The first-order valence-electron chi connectivity index (χ1n) is 4.49. The first-order chi connectivity index (χ1) is 6.81. The number of hydrogen-bond acceptors (Lipinski definition) is 6. The van der Waals surface area contributed by atoms with Gasteiger partial charge in [-0.15, -0.1) is 0 Å². The lowest BCUT2D eigenvalue weighted by Gasteiger charge is -2.14. The summed E-state index contributed by atoms with van der Waals surface area (Å²) in [6.07, 6.45) is 0.380. The van der Waals surface area contributed by atoms with Crippen LogP contribution in [0.4, 0.5) is 0 Å². The molecular weight excluding hydrogens is 244 g/mol. The van der Waals surface area contributed by atoms with Crippen molar-refractivity contribution in [3.8, 4) is 0 Å². The van der Waals surface area contributed by atoms with E-state index in [1.807, 2.05) is 0 Å². The average molecular weight is 260 g/mol. The van der Waals surface area contributed by atoms with E-state index >= 15 is 0 Å². The molecule has 0 fully saturated rings. The van der Waals surface area contributed by atoms with E-state index in [9.17, 15) is 16.8 Å². The lowest BCUT2D eigenvalue weighted by atomic mass is 10.5. The summed E-state index contributed by atoms with van der Waals surface area (Å²) < 4.78 is 52.5. The molecule has 0 aliphatic carbocycles. The highest BCUT2D eigenvalue weighted by Crippen LogP contribution is 2.16. The van der Waals surface area contributed by atoms with E-state index in [-0.39, 0.29) is 13.0 Å². The van der Waals surface area contributed by atoms with Crippen LogP contribution < -0.4 is 0 Å². The molecule has 0 saturated carbocycles. The Morgan fingerprint density at radius 3 is 1.93 bits per heavy atom. The summed E-state index contributed by atoms with van der Waals surface area (Å²) in [5, 5.41) is 0. The van der Waals surface area contributed by atoms with Gasteiger partial charge in [0, 0.05) is 0 Å². The van der Waals surface area contributed by atoms with E-state index in [4.69, 9.17) is 0 Å². The third kappa shape index (κ3) is 4.06. The molecule has 0 aromatic heterocycles. The summed E-state index contributed by atoms with van der Waals surface area (Å²) in [5.41, 5.74) is 0. The molecule has 0 rings (SSSR count). The van der Waals surface area contributed by atoms with Crippen molar-refractivity contribution in [2.75, 3.05) is 13.7 Å². The molecule has 0 saturated heterocycles. The molecule has 0 radical (unpaired) electrons. The van der Waals surface area contributed by atoms with Crippen molar-refractivity contribution >= 4 is 20.2 Å². The molecule has 0 spiro atoms. The van der Waals surface area contributed by atoms with E-state index in [0.717, 1.165) is 7.11 Å². The first-order valence-corrected chi connectivity index (χ1v) is 7.43. The zero-order valence-electron chi connectivity index (χ0n) is 8.96. The maximum Gasteiger partial charge on any atom is 0.287 e. The zero-order chi connectivity index (χ0) is 12.1. The van der Waals surface area contributed by atoms with Crippen LogP contribution in [-0.4, -0.2) is 35.1 Å². The first kappa shape index (κ1) is 14.8. The van der Waals surface area contributed by atoms with Gasteiger partial charge in [-0.3, -0.25) is 8.37 Å². The minimum atomic E-state index is -4.12. The third-order valence-corrected chi connectivity index (χ3v) is 5.99. The van der Waals surface area contributed by atoms with Crippen molar-refractivity contribution < 1.29 is 25.2 Å². The van der Waals surface area contributed by atoms with Crippen LogP contribution in [0, 0.1) is 0 Å². The average Bonchev–Trinajstić information content (AvgIpc) is 2.15. The van der Waals surface area contributed by atoms with Crippen molar-refractivity contribution in [3.63, 3.8) is 0 Å². The molecule has 1 unspecified atom stereocenters. The standard InChI is InChI=1S/C7H16O6S2/c1-4-6-13-15(10,11)7(5-2)14(8,9)12-3/h7H,4-6H2,1-3H3. The quantitative estimate of drug-likeness (QED) is 0.618. The molecule has 6 nitrogen and oxygen atoms in total. The van der Waals surface area contributed by atoms with Crippen LogP contribution in [-0.2, 0) is 28.6 Å². The minimum Gasteiger partial charge on any atom is -0.272 e. The van der Waals surface area contributed by atoms with Crippen LogP contribution in [0.3, 0.4) is 0 Å². The molecule has 15 heavy (non-hydrogen) atoms. The maximum atomic E-state index is 11.4. The van der Waals surface area contributed by atoms with Crippen LogP contribution >= 0.6 is 0 Å². The largest absolute Gasteiger partial charge is 0.287 e. The molecule has 0 amide bonds. The van der Waals surface area contributed by atoms with E-state index in [0.29, 0.717) is 6.42 Å². The molecule has 0 aliphatic heterocycles. The Bertz CT molecular complexity index is 368.